The summed E-state index contributed by atoms with van der Waals surface area (Å²) in [5.41, 5.74) is 7.20. The first kappa shape index (κ1) is 13.5. The van der Waals surface area contributed by atoms with E-state index in [0.717, 1.165) is 5.56 Å². The molecule has 0 heterocycles. The largest absolute Gasteiger partial charge is 0.493 e. The maximum Gasteiger partial charge on any atom is 0.169 e. The summed E-state index contributed by atoms with van der Waals surface area (Å²) in [6.07, 6.45) is 3.13. The van der Waals surface area contributed by atoms with Gasteiger partial charge in [0.25, 0.3) is 0 Å². The number of nitrogens with zero attached hydrogens (tertiary/aromatic N) is 1. The predicted octanol–water partition coefficient (Wildman–Crippen LogP) is 3.61. The van der Waals surface area contributed by atoms with Crippen LogP contribution in [0, 0.1) is 11.3 Å². The minimum absolute atomic E-state index is 0.572. The normalized spacial score (nSPS) is 10.2. The lowest BCUT2D eigenvalue weighted by Gasteiger charge is -2.11. The number of benzene rings is 2. The molecule has 0 aliphatic heterocycles. The third-order valence-corrected chi connectivity index (χ3v) is 2.62. The van der Waals surface area contributed by atoms with E-state index in [1.807, 2.05) is 30.3 Å². The summed E-state index contributed by atoms with van der Waals surface area (Å²) in [6, 6.07) is 14.6. The molecule has 2 aromatic carbocycles. The minimum Gasteiger partial charge on any atom is -0.493 e. The van der Waals surface area contributed by atoms with Gasteiger partial charge < -0.3 is 15.2 Å². The number of hydrogen-bond acceptors (Lipinski definition) is 4. The molecule has 4 heteroatoms. The number of ether oxygens (including phenoxy) is 2. The van der Waals surface area contributed by atoms with Gasteiger partial charge in [-0.05, 0) is 35.9 Å². The second kappa shape index (κ2) is 6.30. The van der Waals surface area contributed by atoms with Gasteiger partial charge in [0.05, 0.1) is 13.2 Å². The summed E-state index contributed by atoms with van der Waals surface area (Å²) >= 11 is 0. The molecule has 0 aliphatic carbocycles. The Morgan fingerprint density at radius 1 is 1.15 bits per heavy atom. The number of nitrogen functional groups attached to an aromatic ring is 1. The van der Waals surface area contributed by atoms with E-state index in [1.165, 1.54) is 6.08 Å². The monoisotopic (exact) mass is 266 g/mol. The van der Waals surface area contributed by atoms with E-state index >= 15 is 0 Å². The number of methoxy groups -OCH3 is 1. The highest BCUT2D eigenvalue weighted by atomic mass is 16.5. The smallest absolute Gasteiger partial charge is 0.169 e. The van der Waals surface area contributed by atoms with E-state index in [9.17, 15) is 0 Å². The van der Waals surface area contributed by atoms with E-state index < -0.39 is 0 Å². The first-order chi connectivity index (χ1) is 9.72. The van der Waals surface area contributed by atoms with E-state index in [4.69, 9.17) is 20.5 Å². The van der Waals surface area contributed by atoms with Crippen LogP contribution in [0.1, 0.15) is 5.56 Å². The highest BCUT2D eigenvalue weighted by Gasteiger charge is 2.06. The first-order valence-corrected chi connectivity index (χ1v) is 6.00. The van der Waals surface area contributed by atoms with Crippen molar-refractivity contribution in [3.05, 3.63) is 54.1 Å². The van der Waals surface area contributed by atoms with Crippen LogP contribution in [-0.4, -0.2) is 7.11 Å². The van der Waals surface area contributed by atoms with Crippen LogP contribution in [0.25, 0.3) is 6.08 Å². The van der Waals surface area contributed by atoms with E-state index in [0.29, 0.717) is 22.9 Å². The molecular weight excluding hydrogens is 252 g/mol. The molecule has 0 radical (unpaired) electrons. The average molecular weight is 266 g/mol. The van der Waals surface area contributed by atoms with Gasteiger partial charge >= 0.3 is 0 Å². The van der Waals surface area contributed by atoms with Crippen molar-refractivity contribution in [3.8, 4) is 23.3 Å². The van der Waals surface area contributed by atoms with Crippen LogP contribution in [-0.2, 0) is 0 Å². The molecule has 0 aromatic heterocycles. The molecule has 0 aliphatic rings. The molecule has 2 N–H and O–H groups in total. The van der Waals surface area contributed by atoms with Gasteiger partial charge in [0.1, 0.15) is 5.75 Å². The fourth-order valence-corrected chi connectivity index (χ4v) is 1.71. The highest BCUT2D eigenvalue weighted by Crippen LogP contribution is 2.33. The van der Waals surface area contributed by atoms with Crippen LogP contribution in [0.4, 0.5) is 5.69 Å². The summed E-state index contributed by atoms with van der Waals surface area (Å²) in [5, 5.41) is 8.53. The van der Waals surface area contributed by atoms with Gasteiger partial charge in [-0.15, -0.1) is 0 Å². The number of nitrogens with two attached hydrogens (primary N) is 1. The number of hydrogen-bond donors (Lipinski definition) is 1. The second-order valence-electron chi connectivity index (χ2n) is 4.05. The summed E-state index contributed by atoms with van der Waals surface area (Å²) in [7, 11) is 1.56. The molecule has 0 bridgehead atoms. The minimum atomic E-state index is 0.572. The molecule has 2 aromatic rings. The Kier molecular flexibility index (Phi) is 4.25. The van der Waals surface area contributed by atoms with E-state index in [-0.39, 0.29) is 0 Å². The number of allylic oxidation sites excluding steroid dienone is 1. The molecule has 20 heavy (non-hydrogen) atoms. The molecule has 0 fully saturated rings. The molecule has 0 saturated carbocycles. The van der Waals surface area contributed by atoms with Gasteiger partial charge in [-0.3, -0.25) is 0 Å². The Labute approximate surface area is 117 Å². The first-order valence-electron chi connectivity index (χ1n) is 6.00. The van der Waals surface area contributed by atoms with Gasteiger partial charge in [0.2, 0.25) is 0 Å². The van der Waals surface area contributed by atoms with Crippen LogP contribution in [0.15, 0.2) is 48.5 Å². The lowest BCUT2D eigenvalue weighted by Crippen LogP contribution is -1.92. The lowest BCUT2D eigenvalue weighted by atomic mass is 10.2. The van der Waals surface area contributed by atoms with Crippen LogP contribution >= 0.6 is 0 Å². The summed E-state index contributed by atoms with van der Waals surface area (Å²) in [6.45, 7) is 0. The van der Waals surface area contributed by atoms with E-state index in [1.54, 1.807) is 31.4 Å². The highest BCUT2D eigenvalue weighted by molar-refractivity contribution is 5.56. The van der Waals surface area contributed by atoms with Crippen LogP contribution < -0.4 is 15.2 Å². The molecule has 2 rings (SSSR count). The van der Waals surface area contributed by atoms with Gasteiger partial charge in [-0.25, -0.2) is 0 Å². The number of nitriles is 1. The van der Waals surface area contributed by atoms with Gasteiger partial charge in [0, 0.05) is 17.8 Å². The topological polar surface area (TPSA) is 68.3 Å². The fraction of sp³-hybridized carbons (Fsp3) is 0.0625. The maximum atomic E-state index is 8.53. The fourth-order valence-electron chi connectivity index (χ4n) is 1.71. The zero-order valence-electron chi connectivity index (χ0n) is 11.0. The molecule has 0 spiro atoms. The average Bonchev–Trinajstić information content (AvgIpc) is 2.47. The van der Waals surface area contributed by atoms with Crippen molar-refractivity contribution in [1.82, 2.24) is 0 Å². The Morgan fingerprint density at radius 3 is 2.75 bits per heavy atom. The number of anilines is 1. The zero-order chi connectivity index (χ0) is 14.4. The Balaban J connectivity index is 2.26. The van der Waals surface area contributed by atoms with Crippen molar-refractivity contribution < 1.29 is 9.47 Å². The lowest BCUT2D eigenvalue weighted by molar-refractivity contribution is 0.379. The van der Waals surface area contributed by atoms with Crippen molar-refractivity contribution in [3.63, 3.8) is 0 Å². The number of rotatable bonds is 4. The standard InChI is InChI=1S/C16H14N2O2/c1-19-16-11-13(18)7-8-15(16)20-14-6-2-4-12(10-14)5-3-9-17/h2-8,10-11H,18H2,1H3/b5-3+. The zero-order valence-corrected chi connectivity index (χ0v) is 11.0. The van der Waals surface area contributed by atoms with Crippen LogP contribution in [0.3, 0.4) is 0 Å². The molecule has 4 nitrogen and oxygen atoms in total. The van der Waals surface area contributed by atoms with Crippen LogP contribution in [0.2, 0.25) is 0 Å². The van der Waals surface area contributed by atoms with Crippen molar-refractivity contribution in [2.75, 3.05) is 12.8 Å². The maximum absolute atomic E-state index is 8.53. The second-order valence-corrected chi connectivity index (χ2v) is 4.05. The van der Waals surface area contributed by atoms with Crippen molar-refractivity contribution in [1.29, 1.82) is 5.26 Å². The van der Waals surface area contributed by atoms with Gasteiger partial charge in [-0.1, -0.05) is 12.1 Å². The van der Waals surface area contributed by atoms with Crippen molar-refractivity contribution in [2.24, 2.45) is 0 Å². The van der Waals surface area contributed by atoms with Crippen molar-refractivity contribution in [2.45, 2.75) is 0 Å². The predicted molar refractivity (Wildman–Crippen MR) is 78.6 cm³/mol. The molecule has 0 amide bonds. The summed E-state index contributed by atoms with van der Waals surface area (Å²) in [4.78, 5) is 0. The van der Waals surface area contributed by atoms with Gasteiger partial charge in [-0.2, -0.15) is 5.26 Å². The molecule has 0 atom stereocenters. The summed E-state index contributed by atoms with van der Waals surface area (Å²) < 4.78 is 11.0. The quantitative estimate of drug-likeness (QED) is 0.678. The van der Waals surface area contributed by atoms with Crippen LogP contribution in [0.5, 0.6) is 17.2 Å². The Bertz CT molecular complexity index is 672. The summed E-state index contributed by atoms with van der Waals surface area (Å²) in [5.74, 6) is 1.82. The Hall–Kier alpha value is -2.93. The molecule has 100 valence electrons. The van der Waals surface area contributed by atoms with Gasteiger partial charge in [0.15, 0.2) is 11.5 Å². The SMILES string of the molecule is COc1cc(N)ccc1Oc1cccc(/C=C/C#N)c1. The third-order valence-electron chi connectivity index (χ3n) is 2.62. The third kappa shape index (κ3) is 3.30. The van der Waals surface area contributed by atoms with E-state index in [2.05, 4.69) is 0 Å². The van der Waals surface area contributed by atoms with Crippen molar-refractivity contribution >= 4 is 11.8 Å². The Morgan fingerprint density at radius 2 is 2.00 bits per heavy atom. The molecule has 0 saturated heterocycles. The molecular formula is C16H14N2O2. The molecule has 0 unspecified atom stereocenters.